The van der Waals surface area contributed by atoms with E-state index in [0.717, 1.165) is 10.6 Å². The van der Waals surface area contributed by atoms with Crippen LogP contribution in [0.5, 0.6) is 0 Å². The summed E-state index contributed by atoms with van der Waals surface area (Å²) in [6.07, 6.45) is 1.22. The molecule has 1 atom stereocenters. The summed E-state index contributed by atoms with van der Waals surface area (Å²) < 4.78 is 39.0. The van der Waals surface area contributed by atoms with Gasteiger partial charge in [0.2, 0.25) is 21.8 Å². The molecule has 0 heterocycles. The summed E-state index contributed by atoms with van der Waals surface area (Å²) in [5, 5.41) is 3.62. The van der Waals surface area contributed by atoms with Crippen molar-refractivity contribution in [3.8, 4) is 0 Å². The van der Waals surface area contributed by atoms with Gasteiger partial charge in [0.05, 0.1) is 11.9 Å². The van der Waals surface area contributed by atoms with Crippen LogP contribution in [0.4, 0.5) is 10.1 Å². The Labute approximate surface area is 216 Å². The molecule has 2 aromatic rings. The van der Waals surface area contributed by atoms with Crippen LogP contribution in [0.25, 0.3) is 0 Å². The fourth-order valence-corrected chi connectivity index (χ4v) is 4.87. The van der Waals surface area contributed by atoms with Crippen molar-refractivity contribution in [3.05, 3.63) is 63.9 Å². The van der Waals surface area contributed by atoms with Crippen molar-refractivity contribution < 1.29 is 22.4 Å². The third-order valence-electron chi connectivity index (χ3n) is 5.22. The van der Waals surface area contributed by atoms with Crippen LogP contribution in [-0.4, -0.2) is 50.0 Å². The highest BCUT2D eigenvalue weighted by Crippen LogP contribution is 2.24. The summed E-state index contributed by atoms with van der Waals surface area (Å²) in [5.74, 6) is -1.14. The van der Waals surface area contributed by atoms with Gasteiger partial charge in [0.1, 0.15) is 11.9 Å². The number of anilines is 1. The average Bonchev–Trinajstić information content (AvgIpc) is 2.75. The van der Waals surface area contributed by atoms with Crippen LogP contribution in [0.15, 0.2) is 42.5 Å². The maximum Gasteiger partial charge on any atom is 0.242 e. The topological polar surface area (TPSA) is 86.8 Å². The van der Waals surface area contributed by atoms with E-state index in [-0.39, 0.29) is 43.8 Å². The molecule has 0 spiro atoms. The molecular formula is C24H30Cl2FN3O4S. The number of hydrogen-bond acceptors (Lipinski definition) is 4. The average molecular weight is 546 g/mol. The zero-order valence-corrected chi connectivity index (χ0v) is 22.4. The molecule has 2 rings (SSSR count). The molecular weight excluding hydrogens is 516 g/mol. The Morgan fingerprint density at radius 2 is 1.69 bits per heavy atom. The van der Waals surface area contributed by atoms with Crippen molar-refractivity contribution in [3.63, 3.8) is 0 Å². The van der Waals surface area contributed by atoms with E-state index in [4.69, 9.17) is 23.2 Å². The first kappa shape index (κ1) is 28.9. The van der Waals surface area contributed by atoms with Crippen LogP contribution in [0.2, 0.25) is 10.0 Å². The maximum absolute atomic E-state index is 13.3. The van der Waals surface area contributed by atoms with Crippen molar-refractivity contribution in [2.24, 2.45) is 0 Å². The molecule has 0 saturated carbocycles. The highest BCUT2D eigenvalue weighted by atomic mass is 35.5. The van der Waals surface area contributed by atoms with Crippen LogP contribution in [0.3, 0.4) is 0 Å². The van der Waals surface area contributed by atoms with Crippen molar-refractivity contribution in [2.75, 3.05) is 17.1 Å². The fraction of sp³-hybridized carbons (Fsp3) is 0.417. The molecule has 1 unspecified atom stereocenters. The predicted molar refractivity (Wildman–Crippen MR) is 138 cm³/mol. The van der Waals surface area contributed by atoms with Gasteiger partial charge in [-0.05, 0) is 69.2 Å². The second-order valence-electron chi connectivity index (χ2n) is 8.51. The minimum absolute atomic E-state index is 0.0122. The SMILES string of the molecule is CC(C)NC(=O)C(C)N(Cc1ccc(Cl)cc1Cl)C(=O)CCCN(c1ccc(F)cc1)S(C)(=O)=O. The molecule has 11 heteroatoms. The number of nitrogens with one attached hydrogen (secondary N) is 1. The van der Waals surface area contributed by atoms with E-state index in [1.165, 1.54) is 29.2 Å². The first-order chi connectivity index (χ1) is 16.3. The molecule has 0 radical (unpaired) electrons. The normalized spacial score (nSPS) is 12.3. The highest BCUT2D eigenvalue weighted by Gasteiger charge is 2.27. The number of rotatable bonds is 11. The molecule has 0 aromatic heterocycles. The number of amides is 2. The first-order valence-electron chi connectivity index (χ1n) is 11.1. The number of carbonyl (C=O) groups is 2. The van der Waals surface area contributed by atoms with Gasteiger partial charge in [-0.25, -0.2) is 12.8 Å². The van der Waals surface area contributed by atoms with Gasteiger partial charge >= 0.3 is 0 Å². The molecule has 0 bridgehead atoms. The summed E-state index contributed by atoms with van der Waals surface area (Å²) in [4.78, 5) is 27.3. The number of hydrogen-bond donors (Lipinski definition) is 1. The zero-order valence-electron chi connectivity index (χ0n) is 20.1. The number of carbonyl (C=O) groups excluding carboxylic acids is 2. The van der Waals surface area contributed by atoms with Gasteiger partial charge in [0, 0.05) is 35.6 Å². The van der Waals surface area contributed by atoms with E-state index in [2.05, 4.69) is 5.32 Å². The Morgan fingerprint density at radius 3 is 2.23 bits per heavy atom. The third-order valence-corrected chi connectivity index (χ3v) is 7.00. The molecule has 1 N–H and O–H groups in total. The summed E-state index contributed by atoms with van der Waals surface area (Å²) in [6, 6.07) is 9.08. The van der Waals surface area contributed by atoms with Crippen LogP contribution < -0.4 is 9.62 Å². The number of sulfonamides is 1. The number of benzene rings is 2. The Balaban J connectivity index is 2.19. The monoisotopic (exact) mass is 545 g/mol. The summed E-state index contributed by atoms with van der Waals surface area (Å²) in [7, 11) is -3.66. The Kier molecular flexibility index (Phi) is 10.4. The molecule has 2 amide bonds. The minimum atomic E-state index is -3.66. The summed E-state index contributed by atoms with van der Waals surface area (Å²) in [6.45, 7) is 5.36. The van der Waals surface area contributed by atoms with E-state index in [1.807, 2.05) is 13.8 Å². The number of nitrogens with zero attached hydrogens (tertiary/aromatic N) is 2. The highest BCUT2D eigenvalue weighted by molar-refractivity contribution is 7.92. The molecule has 0 aliphatic carbocycles. The third kappa shape index (κ3) is 8.66. The van der Waals surface area contributed by atoms with Crippen molar-refractivity contribution in [1.82, 2.24) is 10.2 Å². The smallest absolute Gasteiger partial charge is 0.242 e. The Morgan fingerprint density at radius 1 is 1.06 bits per heavy atom. The van der Waals surface area contributed by atoms with Crippen LogP contribution in [0, 0.1) is 5.82 Å². The lowest BCUT2D eigenvalue weighted by Crippen LogP contribution is -2.49. The van der Waals surface area contributed by atoms with Crippen LogP contribution in [0.1, 0.15) is 39.2 Å². The molecule has 35 heavy (non-hydrogen) atoms. The molecule has 192 valence electrons. The lowest BCUT2D eigenvalue weighted by Gasteiger charge is -2.30. The molecule has 0 saturated heterocycles. The second-order valence-corrected chi connectivity index (χ2v) is 11.3. The van der Waals surface area contributed by atoms with Crippen molar-refractivity contribution >= 4 is 50.7 Å². The van der Waals surface area contributed by atoms with E-state index >= 15 is 0 Å². The minimum Gasteiger partial charge on any atom is -0.352 e. The van der Waals surface area contributed by atoms with E-state index in [9.17, 15) is 22.4 Å². The fourth-order valence-electron chi connectivity index (χ4n) is 3.43. The van der Waals surface area contributed by atoms with Gasteiger partial charge in [-0.3, -0.25) is 13.9 Å². The largest absolute Gasteiger partial charge is 0.352 e. The van der Waals surface area contributed by atoms with Gasteiger partial charge < -0.3 is 10.2 Å². The first-order valence-corrected chi connectivity index (χ1v) is 13.7. The number of halogens is 3. The summed E-state index contributed by atoms with van der Waals surface area (Å²) >= 11 is 12.3. The molecule has 0 fully saturated rings. The standard InChI is InChI=1S/C24H30Cl2FN3O4S/c1-16(2)28-24(32)17(3)29(15-18-7-8-19(25)14-22(18)26)23(31)6-5-13-30(35(4,33)34)21-11-9-20(27)10-12-21/h7-12,14,16-17H,5-6,13,15H2,1-4H3,(H,28,32). The van der Waals surface area contributed by atoms with Gasteiger partial charge in [-0.2, -0.15) is 0 Å². The van der Waals surface area contributed by atoms with Gasteiger partial charge in [-0.15, -0.1) is 0 Å². The second kappa shape index (κ2) is 12.6. The zero-order chi connectivity index (χ0) is 26.3. The van der Waals surface area contributed by atoms with Gasteiger partial charge in [0.25, 0.3) is 0 Å². The Hall–Kier alpha value is -2.36. The van der Waals surface area contributed by atoms with Crippen LogP contribution in [-0.2, 0) is 26.2 Å². The Bertz CT molecular complexity index is 1140. The summed E-state index contributed by atoms with van der Waals surface area (Å²) in [5.41, 5.74) is 0.925. The van der Waals surface area contributed by atoms with Crippen LogP contribution >= 0.6 is 23.2 Å². The van der Waals surface area contributed by atoms with Gasteiger partial charge in [0.15, 0.2) is 0 Å². The van der Waals surface area contributed by atoms with E-state index in [1.54, 1.807) is 25.1 Å². The molecule has 0 aliphatic heterocycles. The predicted octanol–water partition coefficient (Wildman–Crippen LogP) is 4.62. The lowest BCUT2D eigenvalue weighted by atomic mass is 10.1. The maximum atomic E-state index is 13.3. The quantitative estimate of drug-likeness (QED) is 0.446. The van der Waals surface area contributed by atoms with Gasteiger partial charge in [-0.1, -0.05) is 29.3 Å². The van der Waals surface area contributed by atoms with Crippen molar-refractivity contribution in [2.45, 2.75) is 52.2 Å². The van der Waals surface area contributed by atoms with E-state index < -0.39 is 21.9 Å². The molecule has 0 aliphatic rings. The van der Waals surface area contributed by atoms with E-state index in [0.29, 0.717) is 21.3 Å². The lowest BCUT2D eigenvalue weighted by molar-refractivity contribution is -0.140. The molecule has 2 aromatic carbocycles. The molecule has 7 nitrogen and oxygen atoms in total. The van der Waals surface area contributed by atoms with Crippen molar-refractivity contribution in [1.29, 1.82) is 0 Å².